The SMILES string of the molecule is CC.OB(O)c1cccc2c1c1ccccc1n2-c1ccccc1. The molecule has 0 spiro atoms. The molecule has 0 radical (unpaired) electrons. The lowest BCUT2D eigenvalue weighted by Gasteiger charge is -2.08. The van der Waals surface area contributed by atoms with E-state index in [0.717, 1.165) is 27.5 Å². The molecule has 24 heavy (non-hydrogen) atoms. The van der Waals surface area contributed by atoms with Crippen molar-refractivity contribution in [3.63, 3.8) is 0 Å². The summed E-state index contributed by atoms with van der Waals surface area (Å²) in [6.45, 7) is 4.00. The van der Waals surface area contributed by atoms with Crippen molar-refractivity contribution in [2.45, 2.75) is 13.8 Å². The van der Waals surface area contributed by atoms with Crippen molar-refractivity contribution in [3.8, 4) is 5.69 Å². The number of hydrogen-bond donors (Lipinski definition) is 2. The third-order valence-corrected chi connectivity index (χ3v) is 4.02. The molecule has 0 saturated carbocycles. The second kappa shape index (κ2) is 6.91. The molecule has 0 saturated heterocycles. The van der Waals surface area contributed by atoms with Gasteiger partial charge in [0.25, 0.3) is 0 Å². The highest BCUT2D eigenvalue weighted by Crippen LogP contribution is 2.30. The smallest absolute Gasteiger partial charge is 0.423 e. The predicted octanol–water partition coefficient (Wildman–Crippen LogP) is 3.49. The number of hydrogen-bond acceptors (Lipinski definition) is 2. The average Bonchev–Trinajstić information content (AvgIpc) is 2.98. The third-order valence-electron chi connectivity index (χ3n) is 4.02. The van der Waals surface area contributed by atoms with Crippen LogP contribution >= 0.6 is 0 Å². The number of nitrogens with zero attached hydrogens (tertiary/aromatic N) is 1. The van der Waals surface area contributed by atoms with E-state index in [2.05, 4.69) is 10.6 Å². The molecule has 3 aromatic carbocycles. The summed E-state index contributed by atoms with van der Waals surface area (Å²) in [4.78, 5) is 0. The quantitative estimate of drug-likeness (QED) is 0.556. The summed E-state index contributed by atoms with van der Waals surface area (Å²) in [6, 6.07) is 23.7. The van der Waals surface area contributed by atoms with Crippen LogP contribution in [0.3, 0.4) is 0 Å². The first-order valence-electron chi connectivity index (χ1n) is 8.21. The molecule has 1 heterocycles. The number of aromatic nitrogens is 1. The molecule has 0 aliphatic heterocycles. The predicted molar refractivity (Wildman–Crippen MR) is 102 cm³/mol. The van der Waals surface area contributed by atoms with E-state index in [9.17, 15) is 10.0 Å². The van der Waals surface area contributed by atoms with Crippen molar-refractivity contribution < 1.29 is 10.0 Å². The summed E-state index contributed by atoms with van der Waals surface area (Å²) >= 11 is 0. The van der Waals surface area contributed by atoms with Crippen LogP contribution in [0.15, 0.2) is 72.8 Å². The van der Waals surface area contributed by atoms with Crippen LogP contribution in [0, 0.1) is 0 Å². The van der Waals surface area contributed by atoms with Crippen LogP contribution in [0.1, 0.15) is 13.8 Å². The van der Waals surface area contributed by atoms with Crippen molar-refractivity contribution in [3.05, 3.63) is 72.8 Å². The van der Waals surface area contributed by atoms with Crippen LogP contribution < -0.4 is 5.46 Å². The standard InChI is InChI=1S/C18H14BNO2.C2H6/c21-19(22)15-10-6-12-17-18(15)14-9-4-5-11-16(14)20(17)13-7-2-1-3-8-13;1-2/h1-12,21-22H;1-2H3. The molecule has 0 aliphatic carbocycles. The maximum atomic E-state index is 9.71. The Morgan fingerprint density at radius 2 is 1.33 bits per heavy atom. The lowest BCUT2D eigenvalue weighted by Crippen LogP contribution is -2.30. The zero-order chi connectivity index (χ0) is 17.1. The summed E-state index contributed by atoms with van der Waals surface area (Å²) in [5.74, 6) is 0. The Morgan fingerprint density at radius 3 is 2.04 bits per heavy atom. The van der Waals surface area contributed by atoms with Crippen LogP contribution in [-0.4, -0.2) is 21.7 Å². The van der Waals surface area contributed by atoms with E-state index in [0.29, 0.717) is 5.46 Å². The summed E-state index contributed by atoms with van der Waals surface area (Å²) in [6.07, 6.45) is 0. The zero-order valence-corrected chi connectivity index (χ0v) is 13.8. The van der Waals surface area contributed by atoms with Gasteiger partial charge in [0, 0.05) is 16.5 Å². The van der Waals surface area contributed by atoms with Crippen molar-refractivity contribution in [1.29, 1.82) is 0 Å². The van der Waals surface area contributed by atoms with Gasteiger partial charge in [-0.25, -0.2) is 0 Å². The van der Waals surface area contributed by atoms with Crippen LogP contribution in [0.25, 0.3) is 27.5 Å². The molecule has 1 aromatic heterocycles. The largest absolute Gasteiger partial charge is 0.489 e. The van der Waals surface area contributed by atoms with Crippen LogP contribution in [0.2, 0.25) is 0 Å². The summed E-state index contributed by atoms with van der Waals surface area (Å²) < 4.78 is 2.15. The van der Waals surface area contributed by atoms with Crippen molar-refractivity contribution in [2.24, 2.45) is 0 Å². The van der Waals surface area contributed by atoms with Gasteiger partial charge in [-0.1, -0.05) is 62.4 Å². The minimum Gasteiger partial charge on any atom is -0.423 e. The van der Waals surface area contributed by atoms with E-state index >= 15 is 0 Å². The number of benzene rings is 3. The Morgan fingerprint density at radius 1 is 0.708 bits per heavy atom. The Balaban J connectivity index is 0.000000815. The minimum atomic E-state index is -1.49. The van der Waals surface area contributed by atoms with Crippen LogP contribution in [0.5, 0.6) is 0 Å². The molecular weight excluding hydrogens is 297 g/mol. The van der Waals surface area contributed by atoms with Crippen LogP contribution in [-0.2, 0) is 0 Å². The molecule has 0 aliphatic rings. The second-order valence-corrected chi connectivity index (χ2v) is 5.30. The van der Waals surface area contributed by atoms with Gasteiger partial charge in [0.05, 0.1) is 11.0 Å². The minimum absolute atomic E-state index is 0.531. The number of rotatable bonds is 2. The molecule has 4 heteroatoms. The monoisotopic (exact) mass is 317 g/mol. The second-order valence-electron chi connectivity index (χ2n) is 5.30. The topological polar surface area (TPSA) is 45.4 Å². The van der Waals surface area contributed by atoms with Gasteiger partial charge in [-0.15, -0.1) is 0 Å². The summed E-state index contributed by atoms with van der Waals surface area (Å²) in [7, 11) is -1.49. The fourth-order valence-corrected chi connectivity index (χ4v) is 3.12. The lowest BCUT2D eigenvalue weighted by molar-refractivity contribution is 0.426. The molecule has 3 nitrogen and oxygen atoms in total. The lowest BCUT2D eigenvalue weighted by atomic mass is 9.77. The van der Waals surface area contributed by atoms with E-state index in [1.165, 1.54) is 0 Å². The fraction of sp³-hybridized carbons (Fsp3) is 0.100. The molecule has 0 fully saturated rings. The molecule has 4 rings (SSSR count). The average molecular weight is 317 g/mol. The first kappa shape index (κ1) is 16.3. The number of fused-ring (bicyclic) bond motifs is 3. The molecular formula is C20H20BNO2. The highest BCUT2D eigenvalue weighted by molar-refractivity contribution is 6.63. The van der Waals surface area contributed by atoms with E-state index in [1.807, 2.05) is 74.5 Å². The Kier molecular flexibility index (Phi) is 4.70. The van der Waals surface area contributed by atoms with Crippen molar-refractivity contribution in [2.75, 3.05) is 0 Å². The van der Waals surface area contributed by atoms with Gasteiger partial charge in [0.15, 0.2) is 0 Å². The molecule has 4 aromatic rings. The Hall–Kier alpha value is -2.56. The molecule has 0 unspecified atom stereocenters. The van der Waals surface area contributed by atoms with E-state index in [1.54, 1.807) is 6.07 Å². The Labute approximate surface area is 141 Å². The van der Waals surface area contributed by atoms with Gasteiger partial charge in [-0.3, -0.25) is 0 Å². The van der Waals surface area contributed by atoms with Gasteiger partial charge in [-0.2, -0.15) is 0 Å². The maximum Gasteiger partial charge on any atom is 0.489 e. The van der Waals surface area contributed by atoms with Gasteiger partial charge in [0.1, 0.15) is 0 Å². The van der Waals surface area contributed by atoms with Gasteiger partial charge in [-0.05, 0) is 29.7 Å². The van der Waals surface area contributed by atoms with E-state index < -0.39 is 7.12 Å². The van der Waals surface area contributed by atoms with Crippen LogP contribution in [0.4, 0.5) is 0 Å². The molecule has 120 valence electrons. The molecule has 2 N–H and O–H groups in total. The van der Waals surface area contributed by atoms with Crippen molar-refractivity contribution in [1.82, 2.24) is 4.57 Å². The molecule has 0 amide bonds. The molecule has 0 bridgehead atoms. The zero-order valence-electron chi connectivity index (χ0n) is 13.8. The highest BCUT2D eigenvalue weighted by Gasteiger charge is 2.20. The normalized spacial score (nSPS) is 10.5. The maximum absolute atomic E-state index is 9.71. The van der Waals surface area contributed by atoms with E-state index in [-0.39, 0.29) is 0 Å². The fourth-order valence-electron chi connectivity index (χ4n) is 3.12. The van der Waals surface area contributed by atoms with Gasteiger partial charge >= 0.3 is 7.12 Å². The highest BCUT2D eigenvalue weighted by atomic mass is 16.4. The number of para-hydroxylation sites is 2. The third kappa shape index (κ3) is 2.60. The van der Waals surface area contributed by atoms with E-state index in [4.69, 9.17) is 0 Å². The summed E-state index contributed by atoms with van der Waals surface area (Å²) in [5, 5.41) is 21.3. The Bertz CT molecular complexity index is 961. The molecule has 0 atom stereocenters. The first-order chi connectivity index (χ1) is 11.8. The van der Waals surface area contributed by atoms with Gasteiger partial charge in [0.2, 0.25) is 0 Å². The summed E-state index contributed by atoms with van der Waals surface area (Å²) in [5.41, 5.74) is 3.61. The van der Waals surface area contributed by atoms with Crippen molar-refractivity contribution >= 4 is 34.4 Å². The van der Waals surface area contributed by atoms with Gasteiger partial charge < -0.3 is 14.6 Å². The first-order valence-corrected chi connectivity index (χ1v) is 8.21.